The topological polar surface area (TPSA) is 46.5 Å². The molecule has 0 amide bonds. The Labute approximate surface area is 110 Å². The Morgan fingerprint density at radius 3 is 2.88 bits per heavy atom. The highest BCUT2D eigenvalue weighted by atomic mass is 35.5. The average Bonchev–Trinajstić information content (AvgIpc) is 2.30. The summed E-state index contributed by atoms with van der Waals surface area (Å²) in [5, 5.41) is 9.31. The number of carboxylic acids is 1. The number of methoxy groups -OCH3 is 1. The van der Waals surface area contributed by atoms with Gasteiger partial charge in [-0.05, 0) is 29.9 Å². The molecule has 1 rings (SSSR count). The van der Waals surface area contributed by atoms with E-state index in [0.29, 0.717) is 5.02 Å². The standard InChI is InChI=1S/C12H15ClO3S/c1-16-5-2-6-17-8-10-4-3-9(12(14)15)7-11(10)13/h3-4,7H,2,5-6,8H2,1H3,(H,14,15). The average molecular weight is 275 g/mol. The number of thioether (sulfide) groups is 1. The number of ether oxygens (including phenoxy) is 1. The second kappa shape index (κ2) is 7.58. The van der Waals surface area contributed by atoms with Crippen molar-refractivity contribution < 1.29 is 14.6 Å². The number of carboxylic acid groups (broad SMARTS) is 1. The number of rotatable bonds is 7. The summed E-state index contributed by atoms with van der Waals surface area (Å²) in [4.78, 5) is 10.7. The van der Waals surface area contributed by atoms with E-state index in [1.165, 1.54) is 6.07 Å². The van der Waals surface area contributed by atoms with Gasteiger partial charge in [-0.2, -0.15) is 11.8 Å². The molecule has 0 aliphatic heterocycles. The Hall–Kier alpha value is -0.710. The van der Waals surface area contributed by atoms with Crippen LogP contribution in [-0.2, 0) is 10.5 Å². The molecular weight excluding hydrogens is 260 g/mol. The van der Waals surface area contributed by atoms with Gasteiger partial charge in [0.2, 0.25) is 0 Å². The highest BCUT2D eigenvalue weighted by Crippen LogP contribution is 2.23. The van der Waals surface area contributed by atoms with Crippen molar-refractivity contribution in [2.75, 3.05) is 19.5 Å². The van der Waals surface area contributed by atoms with Gasteiger partial charge in [0.05, 0.1) is 5.56 Å². The van der Waals surface area contributed by atoms with E-state index in [9.17, 15) is 4.79 Å². The van der Waals surface area contributed by atoms with Gasteiger partial charge in [0.15, 0.2) is 0 Å². The number of hydrogen-bond donors (Lipinski definition) is 1. The molecule has 94 valence electrons. The molecule has 0 atom stereocenters. The van der Waals surface area contributed by atoms with Gasteiger partial charge in [-0.3, -0.25) is 0 Å². The van der Waals surface area contributed by atoms with Crippen LogP contribution in [0.25, 0.3) is 0 Å². The zero-order chi connectivity index (χ0) is 12.7. The smallest absolute Gasteiger partial charge is 0.335 e. The zero-order valence-corrected chi connectivity index (χ0v) is 11.2. The first kappa shape index (κ1) is 14.4. The van der Waals surface area contributed by atoms with Crippen LogP contribution in [-0.4, -0.2) is 30.5 Å². The van der Waals surface area contributed by atoms with E-state index < -0.39 is 5.97 Å². The molecule has 0 saturated heterocycles. The molecule has 0 aliphatic carbocycles. The maximum atomic E-state index is 10.7. The molecule has 17 heavy (non-hydrogen) atoms. The van der Waals surface area contributed by atoms with E-state index in [-0.39, 0.29) is 5.56 Å². The van der Waals surface area contributed by atoms with Crippen LogP contribution in [0.2, 0.25) is 5.02 Å². The molecule has 5 heteroatoms. The minimum atomic E-state index is -0.953. The number of aromatic carboxylic acids is 1. The molecule has 0 aliphatic rings. The second-order valence-corrected chi connectivity index (χ2v) is 5.02. The van der Waals surface area contributed by atoms with Crippen LogP contribution in [0.5, 0.6) is 0 Å². The van der Waals surface area contributed by atoms with E-state index in [1.807, 2.05) is 0 Å². The third-order valence-corrected chi connectivity index (χ3v) is 3.64. The second-order valence-electron chi connectivity index (χ2n) is 3.51. The van der Waals surface area contributed by atoms with Crippen molar-refractivity contribution in [3.8, 4) is 0 Å². The monoisotopic (exact) mass is 274 g/mol. The SMILES string of the molecule is COCCCSCc1ccc(C(=O)O)cc1Cl. The summed E-state index contributed by atoms with van der Waals surface area (Å²) < 4.78 is 4.96. The number of carbonyl (C=O) groups is 1. The largest absolute Gasteiger partial charge is 0.478 e. The third-order valence-electron chi connectivity index (χ3n) is 2.19. The molecule has 1 aromatic carbocycles. The predicted octanol–water partition coefficient (Wildman–Crippen LogP) is 3.31. The molecule has 1 N–H and O–H groups in total. The molecule has 1 aromatic rings. The highest BCUT2D eigenvalue weighted by Gasteiger charge is 2.06. The van der Waals surface area contributed by atoms with Crippen molar-refractivity contribution in [2.24, 2.45) is 0 Å². The summed E-state index contributed by atoms with van der Waals surface area (Å²) in [6.45, 7) is 0.763. The van der Waals surface area contributed by atoms with Gasteiger partial charge in [-0.25, -0.2) is 4.79 Å². The minimum Gasteiger partial charge on any atom is -0.478 e. The predicted molar refractivity (Wildman–Crippen MR) is 71.1 cm³/mol. The first-order chi connectivity index (χ1) is 8.15. The number of benzene rings is 1. The summed E-state index contributed by atoms with van der Waals surface area (Å²) in [7, 11) is 1.69. The van der Waals surface area contributed by atoms with Crippen LogP contribution in [0.4, 0.5) is 0 Å². The Kier molecular flexibility index (Phi) is 6.40. The molecule has 0 spiro atoms. The molecule has 0 unspecified atom stereocenters. The fraction of sp³-hybridized carbons (Fsp3) is 0.417. The normalized spacial score (nSPS) is 10.5. The summed E-state index contributed by atoms with van der Waals surface area (Å²) in [6.07, 6.45) is 1.01. The van der Waals surface area contributed by atoms with Crippen LogP contribution in [0, 0.1) is 0 Å². The lowest BCUT2D eigenvalue weighted by Crippen LogP contribution is -1.97. The van der Waals surface area contributed by atoms with E-state index in [1.54, 1.807) is 31.0 Å². The van der Waals surface area contributed by atoms with Gasteiger partial charge in [0, 0.05) is 24.5 Å². The lowest BCUT2D eigenvalue weighted by Gasteiger charge is -2.05. The molecule has 0 heterocycles. The van der Waals surface area contributed by atoms with Crippen molar-refractivity contribution in [1.82, 2.24) is 0 Å². The van der Waals surface area contributed by atoms with E-state index in [0.717, 1.165) is 30.1 Å². The summed E-state index contributed by atoms with van der Waals surface area (Å²) in [5.41, 5.74) is 1.20. The van der Waals surface area contributed by atoms with Crippen molar-refractivity contribution in [3.63, 3.8) is 0 Å². The maximum absolute atomic E-state index is 10.7. The Balaban J connectivity index is 2.46. The highest BCUT2D eigenvalue weighted by molar-refractivity contribution is 7.98. The summed E-state index contributed by atoms with van der Waals surface area (Å²) >= 11 is 7.78. The molecule has 0 radical (unpaired) electrons. The molecule has 0 fully saturated rings. The first-order valence-corrected chi connectivity index (χ1v) is 6.77. The fourth-order valence-electron chi connectivity index (χ4n) is 1.28. The molecule has 0 saturated carbocycles. The molecule has 0 bridgehead atoms. The van der Waals surface area contributed by atoms with Gasteiger partial charge in [-0.15, -0.1) is 0 Å². The number of hydrogen-bond acceptors (Lipinski definition) is 3. The van der Waals surface area contributed by atoms with Gasteiger partial charge in [0.25, 0.3) is 0 Å². The van der Waals surface area contributed by atoms with Crippen LogP contribution in [0.1, 0.15) is 22.3 Å². The quantitative estimate of drug-likeness (QED) is 0.775. The minimum absolute atomic E-state index is 0.225. The Bertz CT molecular complexity index is 382. The van der Waals surface area contributed by atoms with Crippen molar-refractivity contribution in [1.29, 1.82) is 0 Å². The van der Waals surface area contributed by atoms with Gasteiger partial charge in [-0.1, -0.05) is 17.7 Å². The van der Waals surface area contributed by atoms with Crippen LogP contribution in [0.15, 0.2) is 18.2 Å². The summed E-state index contributed by atoms with van der Waals surface area (Å²) in [6, 6.07) is 4.85. The van der Waals surface area contributed by atoms with Crippen LogP contribution >= 0.6 is 23.4 Å². The first-order valence-electron chi connectivity index (χ1n) is 5.23. The van der Waals surface area contributed by atoms with Crippen molar-refractivity contribution >= 4 is 29.3 Å². The molecule has 0 aromatic heterocycles. The van der Waals surface area contributed by atoms with E-state index in [4.69, 9.17) is 21.4 Å². The Morgan fingerprint density at radius 2 is 2.29 bits per heavy atom. The van der Waals surface area contributed by atoms with Crippen molar-refractivity contribution in [2.45, 2.75) is 12.2 Å². The van der Waals surface area contributed by atoms with Crippen molar-refractivity contribution in [3.05, 3.63) is 34.3 Å². The number of halogens is 1. The molecular formula is C12H15ClO3S. The lowest BCUT2D eigenvalue weighted by molar-refractivity contribution is 0.0697. The van der Waals surface area contributed by atoms with Crippen LogP contribution < -0.4 is 0 Å². The molecule has 3 nitrogen and oxygen atoms in total. The van der Waals surface area contributed by atoms with E-state index >= 15 is 0 Å². The Morgan fingerprint density at radius 1 is 1.53 bits per heavy atom. The van der Waals surface area contributed by atoms with Gasteiger partial charge >= 0.3 is 5.97 Å². The van der Waals surface area contributed by atoms with Crippen LogP contribution in [0.3, 0.4) is 0 Å². The van der Waals surface area contributed by atoms with Gasteiger partial charge < -0.3 is 9.84 Å². The third kappa shape index (κ3) is 4.98. The lowest BCUT2D eigenvalue weighted by atomic mass is 10.1. The summed E-state index contributed by atoms with van der Waals surface area (Å²) in [5.74, 6) is 0.846. The van der Waals surface area contributed by atoms with Gasteiger partial charge in [0.1, 0.15) is 0 Å². The maximum Gasteiger partial charge on any atom is 0.335 e. The van der Waals surface area contributed by atoms with E-state index in [2.05, 4.69) is 0 Å². The fourth-order valence-corrected chi connectivity index (χ4v) is 2.55. The zero-order valence-electron chi connectivity index (χ0n) is 9.61.